The van der Waals surface area contributed by atoms with Gasteiger partial charge in [-0.15, -0.1) is 26.3 Å². The zero-order chi connectivity index (χ0) is 53.7. The molecule has 72 heavy (non-hydrogen) atoms. The third-order valence-electron chi connectivity index (χ3n) is 9.16. The van der Waals surface area contributed by atoms with Crippen molar-refractivity contribution < 1.29 is 75.5 Å². The van der Waals surface area contributed by atoms with Crippen LogP contribution >= 0.6 is 25.3 Å². The Morgan fingerprint density at radius 3 is 1.26 bits per heavy atom. The highest BCUT2D eigenvalue weighted by Crippen LogP contribution is 2.27. The summed E-state index contributed by atoms with van der Waals surface area (Å²) in [4.78, 5) is 34.6. The van der Waals surface area contributed by atoms with Gasteiger partial charge in [-0.1, -0.05) is 49.4 Å². The van der Waals surface area contributed by atoms with E-state index in [-0.39, 0.29) is 72.5 Å². The molecule has 25 heteroatoms. The fourth-order valence-corrected chi connectivity index (χ4v) is 9.64. The van der Waals surface area contributed by atoms with Crippen LogP contribution in [0.3, 0.4) is 0 Å². The average molecular weight is 1100 g/mol. The third kappa shape index (κ3) is 18.3. The van der Waals surface area contributed by atoms with E-state index in [1.54, 1.807) is 31.2 Å². The van der Waals surface area contributed by atoms with Gasteiger partial charge in [0.25, 0.3) is 30.1 Å². The number of thiol groups is 2. The minimum atomic E-state index is -4.86. The Balaban J connectivity index is 0.000000235. The first-order valence-electron chi connectivity index (χ1n) is 20.5. The van der Waals surface area contributed by atoms with Gasteiger partial charge in [0.1, 0.15) is 11.5 Å². The number of anilines is 3. The van der Waals surface area contributed by atoms with Crippen LogP contribution in [0.1, 0.15) is 55.5 Å². The maximum Gasteiger partial charge on any atom is 0.573 e. The van der Waals surface area contributed by atoms with E-state index in [0.717, 1.165) is 59.7 Å². The molecule has 6 aromatic rings. The number of rotatable bonds is 17. The van der Waals surface area contributed by atoms with Gasteiger partial charge in [0, 0.05) is 40.2 Å². The maximum atomic E-state index is 12.4. The van der Waals surface area contributed by atoms with Crippen LogP contribution in [0.15, 0.2) is 154 Å². The topological polar surface area (TPSA) is 208 Å². The summed E-state index contributed by atoms with van der Waals surface area (Å²) in [6.45, 7) is 5.46. The molecule has 0 aromatic heterocycles. The van der Waals surface area contributed by atoms with E-state index in [0.29, 0.717) is 11.3 Å². The fraction of sp³-hybridized carbons (Fsp3) is 0.170. The van der Waals surface area contributed by atoms with Crippen molar-refractivity contribution in [1.29, 1.82) is 0 Å². The van der Waals surface area contributed by atoms with Gasteiger partial charge in [-0.3, -0.25) is 28.5 Å². The highest BCUT2D eigenvalue weighted by atomic mass is 32.2. The highest BCUT2D eigenvalue weighted by molar-refractivity contribution is 7.93. The number of Topliss-reactive ketones (excluding diaryl/α,β-unsaturated/α-hetero) is 3. The molecule has 384 valence electrons. The number of ether oxygens (including phenoxy) is 2. The summed E-state index contributed by atoms with van der Waals surface area (Å²) in [5.74, 6) is -1.69. The molecular weight excluding hydrogens is 1060 g/mol. The molecule has 0 heterocycles. The van der Waals surface area contributed by atoms with Gasteiger partial charge in [0.2, 0.25) is 0 Å². The summed E-state index contributed by atoms with van der Waals surface area (Å²) in [6, 6.07) is 30.7. The number of alkyl halides is 6. The van der Waals surface area contributed by atoms with Crippen molar-refractivity contribution in [3.8, 4) is 11.5 Å². The number of nitrogens with one attached hydrogen (secondary N) is 3. The number of hydrogen-bond acceptors (Lipinski definition) is 13. The lowest BCUT2D eigenvalue weighted by atomic mass is 10.1. The number of halogens is 6. The van der Waals surface area contributed by atoms with E-state index >= 15 is 0 Å². The van der Waals surface area contributed by atoms with Crippen LogP contribution in [-0.2, 0) is 30.1 Å². The molecule has 0 spiro atoms. The lowest BCUT2D eigenvalue weighted by Gasteiger charge is -2.11. The molecule has 3 N–H and O–H groups in total. The predicted octanol–water partition coefficient (Wildman–Crippen LogP) is 10.7. The molecule has 0 amide bonds. The number of aryl methyl sites for hydroxylation is 2. The Morgan fingerprint density at radius 1 is 0.458 bits per heavy atom. The zero-order valence-corrected chi connectivity index (χ0v) is 42.0. The Morgan fingerprint density at radius 2 is 0.833 bits per heavy atom. The van der Waals surface area contributed by atoms with Crippen molar-refractivity contribution in [3.05, 3.63) is 167 Å². The smallest absolute Gasteiger partial charge is 0.406 e. The molecule has 0 radical (unpaired) electrons. The Hall–Kier alpha value is -6.54. The Kier molecular flexibility index (Phi) is 19.9. The fourth-order valence-electron chi connectivity index (χ4n) is 6.04. The lowest BCUT2D eigenvalue weighted by Crippen LogP contribution is -2.17. The summed E-state index contributed by atoms with van der Waals surface area (Å²) >= 11 is 7.79. The molecule has 0 aliphatic heterocycles. The van der Waals surface area contributed by atoms with Crippen LogP contribution in [0.5, 0.6) is 11.5 Å². The monoisotopic (exact) mass is 1100 g/mol. The quantitative estimate of drug-likeness (QED) is 0.0330. The molecule has 0 saturated heterocycles. The second-order valence-corrected chi connectivity index (χ2v) is 20.5. The summed E-state index contributed by atoms with van der Waals surface area (Å²) in [5, 5.41) is 0. The van der Waals surface area contributed by atoms with Gasteiger partial charge in [0.15, 0.2) is 17.3 Å². The second kappa shape index (κ2) is 24.7. The van der Waals surface area contributed by atoms with Gasteiger partial charge < -0.3 is 9.47 Å². The van der Waals surface area contributed by atoms with Gasteiger partial charge in [0.05, 0.1) is 26.2 Å². The van der Waals surface area contributed by atoms with E-state index in [1.165, 1.54) is 60.7 Å². The Bertz CT molecular complexity index is 3210. The van der Waals surface area contributed by atoms with Crippen molar-refractivity contribution in [2.24, 2.45) is 0 Å². The predicted molar refractivity (Wildman–Crippen MR) is 265 cm³/mol. The van der Waals surface area contributed by atoms with Crippen LogP contribution in [0.4, 0.5) is 43.4 Å². The van der Waals surface area contributed by atoms with Crippen LogP contribution in [0.25, 0.3) is 0 Å². The van der Waals surface area contributed by atoms with E-state index in [2.05, 4.69) is 48.9 Å². The van der Waals surface area contributed by atoms with Crippen LogP contribution in [-0.4, -0.2) is 66.8 Å². The first-order valence-corrected chi connectivity index (χ1v) is 26.2. The first kappa shape index (κ1) is 58.0. The standard InChI is InChI=1S/C16H14F3NO4S.C16H17NO3S2.C15H12F3NO4S2/c1-2-15(21)11-4-3-5-14(10-11)25(22,23)20-12-6-8-13(9-7-12)24-16(17,18)19;1-11-6-12(2)8-14(7-11)17-22(19,20)15-5-3-4-13(9-15)16(18)10-21;16-15(17,18)23-12-4-6-13(7-5-12)25(21,22)19-11-3-1-2-10(8-11)14(20)9-24/h3-10,20H,2H2,1H3;3-9,17,21H,10H2,1-2H3;1-8,19,24H,9H2. The van der Waals surface area contributed by atoms with E-state index in [1.807, 2.05) is 19.9 Å². The molecule has 0 unspecified atom stereocenters. The van der Waals surface area contributed by atoms with Crippen LogP contribution in [0.2, 0.25) is 0 Å². The minimum absolute atomic E-state index is 0.0309. The third-order valence-corrected chi connectivity index (χ3v) is 13.9. The van der Waals surface area contributed by atoms with Crippen molar-refractivity contribution in [3.63, 3.8) is 0 Å². The van der Waals surface area contributed by atoms with Crippen molar-refractivity contribution >= 4 is 89.7 Å². The van der Waals surface area contributed by atoms with Gasteiger partial charge in [-0.05, 0) is 122 Å². The molecule has 6 aromatic carbocycles. The SMILES string of the molecule is CCC(=O)c1cccc(S(=O)(=O)Nc2ccc(OC(F)(F)F)cc2)c1.Cc1cc(C)cc(NS(=O)(=O)c2cccc(C(=O)CS)c2)c1.O=C(CS)c1cccc(NS(=O)(=O)c2ccc(OC(F)(F)F)cc2)c1. The van der Waals surface area contributed by atoms with Crippen molar-refractivity contribution in [2.75, 3.05) is 25.7 Å². The average Bonchev–Trinajstić information content (AvgIpc) is 3.30. The van der Waals surface area contributed by atoms with E-state index in [9.17, 15) is 66.0 Å². The van der Waals surface area contributed by atoms with Gasteiger partial charge in [-0.25, -0.2) is 25.3 Å². The highest BCUT2D eigenvalue weighted by Gasteiger charge is 2.32. The Labute approximate surface area is 422 Å². The molecule has 0 aliphatic rings. The lowest BCUT2D eigenvalue weighted by molar-refractivity contribution is -0.275. The molecule has 6 rings (SSSR count). The maximum absolute atomic E-state index is 12.4. The zero-order valence-electron chi connectivity index (χ0n) is 37.8. The van der Waals surface area contributed by atoms with Crippen molar-refractivity contribution in [2.45, 2.75) is 54.6 Å². The second-order valence-electron chi connectivity index (χ2n) is 14.9. The molecular formula is C47H43F6N3O11S5. The molecule has 14 nitrogen and oxygen atoms in total. The van der Waals surface area contributed by atoms with Crippen molar-refractivity contribution in [1.82, 2.24) is 0 Å². The number of carbonyl (C=O) groups excluding carboxylic acids is 3. The largest absolute Gasteiger partial charge is 0.573 e. The van der Waals surface area contributed by atoms with Crippen LogP contribution < -0.4 is 23.6 Å². The normalized spacial score (nSPS) is 11.7. The summed E-state index contributed by atoms with van der Waals surface area (Å²) in [6.07, 6.45) is -9.45. The molecule has 0 bridgehead atoms. The van der Waals surface area contributed by atoms with Crippen LogP contribution in [0, 0.1) is 13.8 Å². The molecule has 0 saturated carbocycles. The summed E-state index contributed by atoms with van der Waals surface area (Å²) in [7, 11) is -11.8. The molecule has 0 fully saturated rings. The van der Waals surface area contributed by atoms with Gasteiger partial charge in [-0.2, -0.15) is 25.3 Å². The number of ketones is 3. The van der Waals surface area contributed by atoms with Gasteiger partial charge >= 0.3 is 12.7 Å². The number of hydrogen-bond donors (Lipinski definition) is 5. The summed E-state index contributed by atoms with van der Waals surface area (Å²) < 4.78 is 161. The van der Waals surface area contributed by atoms with E-state index in [4.69, 9.17) is 0 Å². The van der Waals surface area contributed by atoms with E-state index < -0.39 is 54.3 Å². The minimum Gasteiger partial charge on any atom is -0.406 e. The number of carbonyl (C=O) groups is 3. The number of sulfonamides is 3. The number of benzene rings is 6. The summed E-state index contributed by atoms with van der Waals surface area (Å²) in [5.41, 5.74) is 3.52. The molecule has 0 aliphatic carbocycles. The first-order chi connectivity index (χ1) is 33.5. The molecule has 0 atom stereocenters.